The van der Waals surface area contributed by atoms with Gasteiger partial charge >= 0.3 is 0 Å². The Kier molecular flexibility index (Phi) is 5.06. The van der Waals surface area contributed by atoms with Gasteiger partial charge in [-0.3, -0.25) is 4.79 Å². The summed E-state index contributed by atoms with van der Waals surface area (Å²) in [5.41, 5.74) is 2.88. The molecule has 3 nitrogen and oxygen atoms in total. The second-order valence-electron chi connectivity index (χ2n) is 4.87. The summed E-state index contributed by atoms with van der Waals surface area (Å²) in [6.45, 7) is 2.64. The summed E-state index contributed by atoms with van der Waals surface area (Å²) in [4.78, 5) is 12.1. The molecule has 2 aromatic rings. The molecule has 0 aliphatic rings. The minimum absolute atomic E-state index is 0.0687. The van der Waals surface area contributed by atoms with Gasteiger partial charge in [-0.25, -0.2) is 4.39 Å². The predicted molar refractivity (Wildman–Crippen MR) is 79.5 cm³/mol. The number of rotatable bonds is 5. The van der Waals surface area contributed by atoms with Crippen molar-refractivity contribution in [3.63, 3.8) is 0 Å². The van der Waals surface area contributed by atoms with E-state index in [1.807, 2.05) is 31.2 Å². The van der Waals surface area contributed by atoms with Gasteiger partial charge in [0.2, 0.25) is 0 Å². The van der Waals surface area contributed by atoms with Crippen molar-refractivity contribution in [2.45, 2.75) is 20.1 Å². The molecule has 0 aliphatic heterocycles. The van der Waals surface area contributed by atoms with Gasteiger partial charge in [-0.15, -0.1) is 0 Å². The lowest BCUT2D eigenvalue weighted by molar-refractivity contribution is 0.0946. The molecule has 0 heterocycles. The van der Waals surface area contributed by atoms with Crippen LogP contribution in [0, 0.1) is 12.7 Å². The monoisotopic (exact) mass is 287 g/mol. The van der Waals surface area contributed by atoms with Crippen LogP contribution in [0.25, 0.3) is 0 Å². The standard InChI is InChI=1S/C17H18FNO2/c1-12-7-8-16(18)15(9-12)17(20)19-10-13-5-3-4-6-14(13)11-21-2/h3-9H,10-11H2,1-2H3,(H,19,20). The molecule has 2 rings (SSSR count). The van der Waals surface area contributed by atoms with Crippen molar-refractivity contribution in [1.29, 1.82) is 0 Å². The lowest BCUT2D eigenvalue weighted by atomic mass is 10.1. The lowest BCUT2D eigenvalue weighted by Crippen LogP contribution is -2.24. The quantitative estimate of drug-likeness (QED) is 0.917. The van der Waals surface area contributed by atoms with Gasteiger partial charge in [-0.1, -0.05) is 35.9 Å². The van der Waals surface area contributed by atoms with E-state index in [9.17, 15) is 9.18 Å². The summed E-state index contributed by atoms with van der Waals surface area (Å²) in [5, 5.41) is 2.75. The number of carbonyl (C=O) groups is 1. The van der Waals surface area contributed by atoms with Crippen LogP contribution in [0.15, 0.2) is 42.5 Å². The van der Waals surface area contributed by atoms with E-state index in [0.717, 1.165) is 16.7 Å². The maximum atomic E-state index is 13.7. The van der Waals surface area contributed by atoms with E-state index < -0.39 is 11.7 Å². The van der Waals surface area contributed by atoms with E-state index >= 15 is 0 Å². The Morgan fingerprint density at radius 3 is 2.62 bits per heavy atom. The van der Waals surface area contributed by atoms with Gasteiger partial charge in [-0.2, -0.15) is 0 Å². The molecule has 0 spiro atoms. The molecule has 0 unspecified atom stereocenters. The first-order valence-electron chi connectivity index (χ1n) is 6.72. The van der Waals surface area contributed by atoms with Crippen LogP contribution in [0.5, 0.6) is 0 Å². The molecule has 1 N–H and O–H groups in total. The van der Waals surface area contributed by atoms with Crippen molar-refractivity contribution < 1.29 is 13.9 Å². The molecular formula is C17H18FNO2. The number of hydrogen-bond donors (Lipinski definition) is 1. The number of benzene rings is 2. The Labute approximate surface area is 123 Å². The molecule has 2 aromatic carbocycles. The molecule has 0 saturated heterocycles. The van der Waals surface area contributed by atoms with Crippen molar-refractivity contribution in [3.05, 3.63) is 70.5 Å². The Bertz CT molecular complexity index is 640. The molecule has 21 heavy (non-hydrogen) atoms. The highest BCUT2D eigenvalue weighted by Gasteiger charge is 2.12. The van der Waals surface area contributed by atoms with Crippen molar-refractivity contribution >= 4 is 5.91 Å². The topological polar surface area (TPSA) is 38.3 Å². The van der Waals surface area contributed by atoms with E-state index in [-0.39, 0.29) is 5.56 Å². The molecule has 0 aromatic heterocycles. The summed E-state index contributed by atoms with van der Waals surface area (Å²) < 4.78 is 18.8. The zero-order chi connectivity index (χ0) is 15.2. The second-order valence-corrected chi connectivity index (χ2v) is 4.87. The Morgan fingerprint density at radius 1 is 1.19 bits per heavy atom. The average Bonchev–Trinajstić information content (AvgIpc) is 2.49. The van der Waals surface area contributed by atoms with Crippen LogP contribution < -0.4 is 5.32 Å². The molecule has 0 fully saturated rings. The molecule has 4 heteroatoms. The molecule has 110 valence electrons. The van der Waals surface area contributed by atoms with Crippen molar-refractivity contribution in [1.82, 2.24) is 5.32 Å². The summed E-state index contributed by atoms with van der Waals surface area (Å²) >= 11 is 0. The third-order valence-electron chi connectivity index (χ3n) is 3.22. The normalized spacial score (nSPS) is 10.4. The van der Waals surface area contributed by atoms with Gasteiger partial charge in [-0.05, 0) is 30.2 Å². The summed E-state index contributed by atoms with van der Waals surface area (Å²) in [6.07, 6.45) is 0. The zero-order valence-electron chi connectivity index (χ0n) is 12.2. The average molecular weight is 287 g/mol. The molecule has 0 bridgehead atoms. The highest BCUT2D eigenvalue weighted by molar-refractivity contribution is 5.94. The highest BCUT2D eigenvalue weighted by atomic mass is 19.1. The zero-order valence-corrected chi connectivity index (χ0v) is 12.2. The number of methoxy groups -OCH3 is 1. The largest absolute Gasteiger partial charge is 0.380 e. The van der Waals surface area contributed by atoms with Gasteiger partial charge in [0, 0.05) is 13.7 Å². The van der Waals surface area contributed by atoms with Gasteiger partial charge in [0.15, 0.2) is 0 Å². The lowest BCUT2D eigenvalue weighted by Gasteiger charge is -2.11. The van der Waals surface area contributed by atoms with Crippen LogP contribution in [-0.4, -0.2) is 13.0 Å². The van der Waals surface area contributed by atoms with Gasteiger partial charge in [0.25, 0.3) is 5.91 Å². The predicted octanol–water partition coefficient (Wildman–Crippen LogP) is 3.21. The number of ether oxygens (including phenoxy) is 1. The van der Waals surface area contributed by atoms with Crippen molar-refractivity contribution in [2.75, 3.05) is 7.11 Å². The van der Waals surface area contributed by atoms with Crippen LogP contribution in [0.2, 0.25) is 0 Å². The third kappa shape index (κ3) is 3.89. The number of halogens is 1. The fraction of sp³-hybridized carbons (Fsp3) is 0.235. The fourth-order valence-corrected chi connectivity index (χ4v) is 2.11. The van der Waals surface area contributed by atoms with Gasteiger partial charge < -0.3 is 10.1 Å². The van der Waals surface area contributed by atoms with Crippen molar-refractivity contribution in [3.8, 4) is 0 Å². The molecular weight excluding hydrogens is 269 g/mol. The maximum absolute atomic E-state index is 13.7. The minimum atomic E-state index is -0.511. The number of amides is 1. The minimum Gasteiger partial charge on any atom is -0.380 e. The van der Waals surface area contributed by atoms with Crippen LogP contribution >= 0.6 is 0 Å². The van der Waals surface area contributed by atoms with Crippen LogP contribution in [0.3, 0.4) is 0 Å². The van der Waals surface area contributed by atoms with E-state index in [4.69, 9.17) is 4.74 Å². The van der Waals surface area contributed by atoms with Crippen LogP contribution in [-0.2, 0) is 17.9 Å². The maximum Gasteiger partial charge on any atom is 0.254 e. The SMILES string of the molecule is COCc1ccccc1CNC(=O)c1cc(C)ccc1F. The van der Waals surface area contributed by atoms with E-state index in [2.05, 4.69) is 5.32 Å². The summed E-state index contributed by atoms with van der Waals surface area (Å²) in [6, 6.07) is 12.2. The summed E-state index contributed by atoms with van der Waals surface area (Å²) in [5.74, 6) is -0.924. The first-order chi connectivity index (χ1) is 10.1. The Hall–Kier alpha value is -2.20. The molecule has 0 saturated carbocycles. The van der Waals surface area contributed by atoms with E-state index in [0.29, 0.717) is 13.2 Å². The first-order valence-corrected chi connectivity index (χ1v) is 6.72. The van der Waals surface area contributed by atoms with Crippen LogP contribution in [0.1, 0.15) is 27.0 Å². The number of carbonyl (C=O) groups excluding carboxylic acids is 1. The second kappa shape index (κ2) is 6.99. The number of aryl methyl sites for hydroxylation is 1. The molecule has 0 radical (unpaired) electrons. The highest BCUT2D eigenvalue weighted by Crippen LogP contribution is 2.12. The van der Waals surface area contributed by atoms with Crippen LogP contribution in [0.4, 0.5) is 4.39 Å². The molecule has 0 aliphatic carbocycles. The van der Waals surface area contributed by atoms with Gasteiger partial charge in [0.1, 0.15) is 5.82 Å². The third-order valence-corrected chi connectivity index (χ3v) is 3.22. The molecule has 1 amide bonds. The molecule has 0 atom stereocenters. The Morgan fingerprint density at radius 2 is 1.90 bits per heavy atom. The number of nitrogens with one attached hydrogen (secondary N) is 1. The van der Waals surface area contributed by atoms with E-state index in [1.165, 1.54) is 6.07 Å². The van der Waals surface area contributed by atoms with E-state index in [1.54, 1.807) is 19.2 Å². The van der Waals surface area contributed by atoms with Crippen molar-refractivity contribution in [2.24, 2.45) is 0 Å². The smallest absolute Gasteiger partial charge is 0.254 e. The number of hydrogen-bond acceptors (Lipinski definition) is 2. The van der Waals surface area contributed by atoms with Gasteiger partial charge in [0.05, 0.1) is 12.2 Å². The first kappa shape index (κ1) is 15.2. The summed E-state index contributed by atoms with van der Waals surface area (Å²) in [7, 11) is 1.62. The fourth-order valence-electron chi connectivity index (χ4n) is 2.11. The Balaban J connectivity index is 2.09.